The SMILES string of the molecule is CC(=O)N[C@@H](CC(C)C)C(=O)On1c(O)ccc1O. The number of amides is 1. The Balaban J connectivity index is 2.79. The van der Waals surface area contributed by atoms with Gasteiger partial charge in [-0.3, -0.25) is 4.79 Å². The molecular formula is C12H18N2O5. The summed E-state index contributed by atoms with van der Waals surface area (Å²) >= 11 is 0. The summed E-state index contributed by atoms with van der Waals surface area (Å²) in [5.41, 5.74) is 0. The molecule has 1 atom stereocenters. The molecule has 0 spiro atoms. The highest BCUT2D eigenvalue weighted by Gasteiger charge is 2.24. The molecule has 7 nitrogen and oxygen atoms in total. The number of rotatable bonds is 5. The van der Waals surface area contributed by atoms with Crippen molar-refractivity contribution in [2.24, 2.45) is 5.92 Å². The second-order valence-electron chi connectivity index (χ2n) is 4.64. The van der Waals surface area contributed by atoms with Crippen molar-refractivity contribution in [1.82, 2.24) is 10.0 Å². The molecule has 1 aromatic rings. The standard InChI is InChI=1S/C12H18N2O5/c1-7(2)6-9(13-8(3)15)12(18)19-14-10(16)4-5-11(14)17/h4-5,7,9,16-17H,6H2,1-3H3,(H,13,15)/t9-/m0/s1. The molecule has 3 N–H and O–H groups in total. The van der Waals surface area contributed by atoms with Crippen LogP contribution < -0.4 is 10.2 Å². The van der Waals surface area contributed by atoms with Crippen molar-refractivity contribution >= 4 is 11.9 Å². The van der Waals surface area contributed by atoms with Crippen LogP contribution in [0.25, 0.3) is 0 Å². The van der Waals surface area contributed by atoms with E-state index >= 15 is 0 Å². The van der Waals surface area contributed by atoms with Crippen LogP contribution in [-0.2, 0) is 9.59 Å². The number of nitrogens with zero attached hydrogens (tertiary/aromatic N) is 1. The van der Waals surface area contributed by atoms with E-state index in [1.165, 1.54) is 19.1 Å². The molecule has 0 unspecified atom stereocenters. The monoisotopic (exact) mass is 270 g/mol. The summed E-state index contributed by atoms with van der Waals surface area (Å²) in [6.45, 7) is 5.09. The van der Waals surface area contributed by atoms with Gasteiger partial charge in [-0.05, 0) is 12.3 Å². The van der Waals surface area contributed by atoms with Gasteiger partial charge in [-0.15, -0.1) is 4.73 Å². The van der Waals surface area contributed by atoms with Gasteiger partial charge in [-0.1, -0.05) is 13.8 Å². The van der Waals surface area contributed by atoms with Gasteiger partial charge >= 0.3 is 5.97 Å². The first-order chi connectivity index (χ1) is 8.81. The molecule has 0 fully saturated rings. The summed E-state index contributed by atoms with van der Waals surface area (Å²) in [7, 11) is 0. The molecule has 0 bridgehead atoms. The molecule has 106 valence electrons. The van der Waals surface area contributed by atoms with E-state index in [9.17, 15) is 19.8 Å². The van der Waals surface area contributed by atoms with E-state index in [2.05, 4.69) is 5.32 Å². The molecule has 0 saturated carbocycles. The smallest absolute Gasteiger partial charge is 0.355 e. The van der Waals surface area contributed by atoms with Gasteiger partial charge in [0.2, 0.25) is 17.7 Å². The minimum atomic E-state index is -0.835. The average Bonchev–Trinajstić information content (AvgIpc) is 2.58. The van der Waals surface area contributed by atoms with Crippen LogP contribution in [0.1, 0.15) is 27.2 Å². The van der Waals surface area contributed by atoms with Crippen LogP contribution in [-0.4, -0.2) is 32.9 Å². The third-order valence-corrected chi connectivity index (χ3v) is 2.35. The molecule has 0 radical (unpaired) electrons. The van der Waals surface area contributed by atoms with Gasteiger partial charge < -0.3 is 20.4 Å². The van der Waals surface area contributed by atoms with Crippen LogP contribution in [0.2, 0.25) is 0 Å². The third kappa shape index (κ3) is 4.20. The zero-order chi connectivity index (χ0) is 14.6. The van der Waals surface area contributed by atoms with Crippen LogP contribution in [0.4, 0.5) is 0 Å². The van der Waals surface area contributed by atoms with Gasteiger partial charge in [-0.2, -0.15) is 0 Å². The van der Waals surface area contributed by atoms with Crippen LogP contribution in [0.5, 0.6) is 11.8 Å². The fraction of sp³-hybridized carbons (Fsp3) is 0.500. The molecule has 1 aromatic heterocycles. The van der Waals surface area contributed by atoms with Gasteiger partial charge in [0, 0.05) is 19.1 Å². The number of aromatic hydroxyl groups is 2. The van der Waals surface area contributed by atoms with Crippen molar-refractivity contribution in [3.8, 4) is 11.8 Å². The first-order valence-electron chi connectivity index (χ1n) is 5.90. The van der Waals surface area contributed by atoms with Crippen LogP contribution in [0.3, 0.4) is 0 Å². The Morgan fingerprint density at radius 3 is 2.26 bits per heavy atom. The average molecular weight is 270 g/mol. The lowest BCUT2D eigenvalue weighted by atomic mass is 10.0. The lowest BCUT2D eigenvalue weighted by Crippen LogP contribution is -2.44. The Hall–Kier alpha value is -2.18. The zero-order valence-electron chi connectivity index (χ0n) is 11.1. The van der Waals surface area contributed by atoms with Crippen molar-refractivity contribution in [2.45, 2.75) is 33.2 Å². The molecule has 1 heterocycles. The van der Waals surface area contributed by atoms with Gasteiger partial charge in [0.1, 0.15) is 6.04 Å². The highest BCUT2D eigenvalue weighted by atomic mass is 16.7. The van der Waals surface area contributed by atoms with Gasteiger partial charge in [0.15, 0.2) is 0 Å². The van der Waals surface area contributed by atoms with E-state index in [4.69, 9.17) is 4.84 Å². The highest BCUT2D eigenvalue weighted by Crippen LogP contribution is 2.19. The Kier molecular flexibility index (Phi) is 4.80. The van der Waals surface area contributed by atoms with Crippen LogP contribution in [0.15, 0.2) is 12.1 Å². The molecule has 1 amide bonds. The second-order valence-corrected chi connectivity index (χ2v) is 4.64. The maximum Gasteiger partial charge on any atom is 0.355 e. The number of hydrogen-bond acceptors (Lipinski definition) is 5. The fourth-order valence-corrected chi connectivity index (χ4v) is 1.58. The number of nitrogens with one attached hydrogen (secondary N) is 1. The lowest BCUT2D eigenvalue weighted by Gasteiger charge is -2.18. The van der Waals surface area contributed by atoms with Crippen LogP contribution in [0, 0.1) is 5.92 Å². The topological polar surface area (TPSA) is 101 Å². The van der Waals surface area contributed by atoms with E-state index in [1.54, 1.807) is 0 Å². The van der Waals surface area contributed by atoms with Gasteiger partial charge in [0.05, 0.1) is 0 Å². The van der Waals surface area contributed by atoms with E-state index in [0.29, 0.717) is 11.2 Å². The maximum atomic E-state index is 11.9. The first-order valence-corrected chi connectivity index (χ1v) is 5.90. The Morgan fingerprint density at radius 2 is 1.84 bits per heavy atom. The molecule has 0 aromatic carbocycles. The maximum absolute atomic E-state index is 11.9. The molecular weight excluding hydrogens is 252 g/mol. The summed E-state index contributed by atoms with van der Waals surface area (Å²) in [6, 6.07) is 1.52. The largest absolute Gasteiger partial charge is 0.492 e. The number of carbonyl (C=O) groups is 2. The fourth-order valence-electron chi connectivity index (χ4n) is 1.58. The zero-order valence-corrected chi connectivity index (χ0v) is 11.1. The predicted octanol–water partition coefficient (Wildman–Crippen LogP) is 0.405. The lowest BCUT2D eigenvalue weighted by molar-refractivity contribution is -0.149. The van der Waals surface area contributed by atoms with Crippen molar-refractivity contribution in [2.75, 3.05) is 0 Å². The predicted molar refractivity (Wildman–Crippen MR) is 66.4 cm³/mol. The summed E-state index contributed by atoms with van der Waals surface area (Å²) in [6.07, 6.45) is 0.390. The van der Waals surface area contributed by atoms with Crippen molar-refractivity contribution in [1.29, 1.82) is 0 Å². The summed E-state index contributed by atoms with van der Waals surface area (Å²) in [4.78, 5) is 27.8. The van der Waals surface area contributed by atoms with E-state index in [0.717, 1.165) is 0 Å². The molecule has 0 saturated heterocycles. The number of aromatic nitrogens is 1. The molecule has 19 heavy (non-hydrogen) atoms. The first kappa shape index (κ1) is 14.9. The van der Waals surface area contributed by atoms with Gasteiger partial charge in [-0.25, -0.2) is 4.79 Å². The Bertz CT molecular complexity index is 447. The quantitative estimate of drug-likeness (QED) is 0.719. The molecule has 1 rings (SSSR count). The van der Waals surface area contributed by atoms with E-state index in [-0.39, 0.29) is 11.8 Å². The normalized spacial score (nSPS) is 12.2. The molecule has 0 aliphatic heterocycles. The molecule has 0 aliphatic rings. The minimum absolute atomic E-state index is 0.163. The summed E-state index contributed by atoms with van der Waals surface area (Å²) in [5.74, 6) is -1.76. The molecule has 0 aliphatic carbocycles. The van der Waals surface area contributed by atoms with Crippen LogP contribution >= 0.6 is 0 Å². The minimum Gasteiger partial charge on any atom is -0.492 e. The van der Waals surface area contributed by atoms with Crippen molar-refractivity contribution in [3.63, 3.8) is 0 Å². The number of hydrogen-bond donors (Lipinski definition) is 3. The Morgan fingerprint density at radius 1 is 1.32 bits per heavy atom. The second kappa shape index (κ2) is 6.12. The van der Waals surface area contributed by atoms with E-state index < -0.39 is 23.8 Å². The third-order valence-electron chi connectivity index (χ3n) is 2.35. The van der Waals surface area contributed by atoms with Gasteiger partial charge in [0.25, 0.3) is 0 Å². The highest BCUT2D eigenvalue weighted by molar-refractivity contribution is 5.83. The molecule has 7 heteroatoms. The van der Waals surface area contributed by atoms with E-state index in [1.807, 2.05) is 13.8 Å². The van der Waals surface area contributed by atoms with Crippen molar-refractivity contribution < 1.29 is 24.6 Å². The Labute approximate surface area is 110 Å². The van der Waals surface area contributed by atoms with Crippen molar-refractivity contribution in [3.05, 3.63) is 12.1 Å². The summed E-state index contributed by atoms with van der Waals surface area (Å²) < 4.78 is 0.595. The summed E-state index contributed by atoms with van der Waals surface area (Å²) in [5, 5.41) is 21.2. The number of carbonyl (C=O) groups excluding carboxylic acids is 2.